The fourth-order valence-electron chi connectivity index (χ4n) is 2.75. The summed E-state index contributed by atoms with van der Waals surface area (Å²) in [6.45, 7) is 5.04. The van der Waals surface area contributed by atoms with Crippen molar-refractivity contribution in [2.75, 3.05) is 14.2 Å². The molecule has 0 saturated carbocycles. The molecule has 0 bridgehead atoms. The Balaban J connectivity index is 1.90. The second kappa shape index (κ2) is 8.11. The highest BCUT2D eigenvalue weighted by atomic mass is 32.1. The van der Waals surface area contributed by atoms with E-state index in [9.17, 15) is 4.79 Å². The maximum Gasteiger partial charge on any atom is 0.262 e. The van der Waals surface area contributed by atoms with Gasteiger partial charge < -0.3 is 19.4 Å². The van der Waals surface area contributed by atoms with Gasteiger partial charge in [0.05, 0.1) is 23.9 Å². The van der Waals surface area contributed by atoms with Crippen LogP contribution in [0.25, 0.3) is 10.2 Å². The quantitative estimate of drug-likeness (QED) is 0.578. The lowest BCUT2D eigenvalue weighted by molar-refractivity contribution is 0.0953. The number of methoxy groups -OCH3 is 2. The molecule has 11 heteroatoms. The molecule has 144 valence electrons. The van der Waals surface area contributed by atoms with E-state index in [-0.39, 0.29) is 19.1 Å². The number of hydrogen-bond acceptors (Lipinski definition) is 8. The maximum atomic E-state index is 12.7. The number of fused-ring (bicyclic) bond motifs is 1. The van der Waals surface area contributed by atoms with Gasteiger partial charge in [0, 0.05) is 13.7 Å². The molecule has 3 aromatic heterocycles. The molecule has 3 heterocycles. The van der Waals surface area contributed by atoms with Crippen LogP contribution in [-0.2, 0) is 24.4 Å². The van der Waals surface area contributed by atoms with Crippen LogP contribution in [0.4, 0.5) is 0 Å². The molecule has 2 N–H and O–H groups in total. The number of rotatable bonds is 7. The normalized spacial score (nSPS) is 11.1. The topological polar surface area (TPSA) is 107 Å². The van der Waals surface area contributed by atoms with Crippen LogP contribution in [-0.4, -0.2) is 44.9 Å². The average Bonchev–Trinajstić information content (AvgIpc) is 3.19. The largest absolute Gasteiger partial charge is 0.480 e. The number of carbonyl (C=O) groups excluding carboxylic acids is 1. The molecular formula is C16H20N6O3S2. The van der Waals surface area contributed by atoms with E-state index in [1.807, 2.05) is 18.4 Å². The highest BCUT2D eigenvalue weighted by molar-refractivity contribution is 7.71. The van der Waals surface area contributed by atoms with Crippen LogP contribution in [0.2, 0.25) is 0 Å². The molecule has 0 saturated heterocycles. The number of amides is 1. The molecule has 0 aliphatic carbocycles. The number of aromatic amines is 1. The number of ether oxygens (including phenoxy) is 2. The summed E-state index contributed by atoms with van der Waals surface area (Å²) in [5.74, 6) is 1.41. The van der Waals surface area contributed by atoms with Crippen LogP contribution >= 0.6 is 23.6 Å². The predicted molar refractivity (Wildman–Crippen MR) is 104 cm³/mol. The van der Waals surface area contributed by atoms with Gasteiger partial charge in [0.15, 0.2) is 16.4 Å². The Labute approximate surface area is 164 Å². The van der Waals surface area contributed by atoms with Crippen LogP contribution in [0.5, 0.6) is 5.88 Å². The standard InChI is InChI=1S/C16H20N6O3S2/c1-5-22-10(20-21-16(22)26)6-17-13(23)12-8(2)11-14(25-4)18-9(7-24-3)19-15(11)27-12/h5-7H2,1-4H3,(H,17,23)(H,21,26). The fraction of sp³-hybridized carbons (Fsp3) is 0.438. The Hall–Kier alpha value is -2.37. The molecular weight excluding hydrogens is 388 g/mol. The van der Waals surface area contributed by atoms with Crippen LogP contribution in [0.3, 0.4) is 0 Å². The second-order valence-electron chi connectivity index (χ2n) is 5.69. The first-order valence-corrected chi connectivity index (χ1v) is 9.47. The molecule has 9 nitrogen and oxygen atoms in total. The SMILES string of the molecule is CCn1c(CNC(=O)c2sc3nc(COC)nc(OC)c3c2C)n[nH]c1=S. The zero-order valence-electron chi connectivity index (χ0n) is 15.5. The van der Waals surface area contributed by atoms with Gasteiger partial charge in [0.25, 0.3) is 5.91 Å². The third kappa shape index (κ3) is 3.70. The minimum Gasteiger partial charge on any atom is -0.480 e. The van der Waals surface area contributed by atoms with Gasteiger partial charge in [-0.25, -0.2) is 4.98 Å². The number of thiophene rings is 1. The Bertz CT molecular complexity index is 1040. The number of aryl methyl sites for hydroxylation is 1. The lowest BCUT2D eigenvalue weighted by Crippen LogP contribution is -2.24. The van der Waals surface area contributed by atoms with E-state index in [1.54, 1.807) is 14.2 Å². The molecule has 1 amide bonds. The minimum atomic E-state index is -0.206. The zero-order valence-corrected chi connectivity index (χ0v) is 17.1. The Morgan fingerprint density at radius 2 is 2.15 bits per heavy atom. The summed E-state index contributed by atoms with van der Waals surface area (Å²) < 4.78 is 12.9. The molecule has 0 spiro atoms. The highest BCUT2D eigenvalue weighted by Crippen LogP contribution is 2.35. The lowest BCUT2D eigenvalue weighted by Gasteiger charge is -2.06. The monoisotopic (exact) mass is 408 g/mol. The predicted octanol–water partition coefficient (Wildman–Crippen LogP) is 2.36. The molecule has 0 radical (unpaired) electrons. The summed E-state index contributed by atoms with van der Waals surface area (Å²) in [6, 6.07) is 0. The fourth-order valence-corrected chi connectivity index (χ4v) is 4.14. The van der Waals surface area contributed by atoms with Crippen molar-refractivity contribution in [3.8, 4) is 5.88 Å². The Morgan fingerprint density at radius 3 is 2.81 bits per heavy atom. The van der Waals surface area contributed by atoms with Crippen molar-refractivity contribution in [3.63, 3.8) is 0 Å². The van der Waals surface area contributed by atoms with Gasteiger partial charge in [0.1, 0.15) is 11.4 Å². The van der Waals surface area contributed by atoms with E-state index in [0.29, 0.717) is 38.6 Å². The first kappa shape index (κ1) is 19.4. The molecule has 0 atom stereocenters. The van der Waals surface area contributed by atoms with Gasteiger partial charge in [-0.05, 0) is 31.6 Å². The van der Waals surface area contributed by atoms with Crippen LogP contribution < -0.4 is 10.1 Å². The highest BCUT2D eigenvalue weighted by Gasteiger charge is 2.21. The van der Waals surface area contributed by atoms with Gasteiger partial charge in [-0.2, -0.15) is 10.1 Å². The van der Waals surface area contributed by atoms with Crippen LogP contribution in [0.1, 0.15) is 33.8 Å². The smallest absolute Gasteiger partial charge is 0.262 e. The molecule has 3 aromatic rings. The summed E-state index contributed by atoms with van der Waals surface area (Å²) in [5.41, 5.74) is 0.780. The zero-order chi connectivity index (χ0) is 19.6. The van der Waals surface area contributed by atoms with Crippen LogP contribution in [0, 0.1) is 11.7 Å². The maximum absolute atomic E-state index is 12.7. The summed E-state index contributed by atoms with van der Waals surface area (Å²) in [7, 11) is 3.12. The first-order valence-electron chi connectivity index (χ1n) is 8.25. The third-order valence-electron chi connectivity index (χ3n) is 4.04. The van der Waals surface area contributed by atoms with Gasteiger partial charge in [-0.1, -0.05) is 0 Å². The number of nitrogens with one attached hydrogen (secondary N) is 2. The van der Waals surface area contributed by atoms with Gasteiger partial charge >= 0.3 is 0 Å². The Kier molecular flexibility index (Phi) is 5.82. The second-order valence-corrected chi connectivity index (χ2v) is 7.08. The van der Waals surface area contributed by atoms with Crippen molar-refractivity contribution in [2.24, 2.45) is 0 Å². The van der Waals surface area contributed by atoms with Crippen molar-refractivity contribution in [1.82, 2.24) is 30.0 Å². The Morgan fingerprint density at radius 1 is 1.37 bits per heavy atom. The van der Waals surface area contributed by atoms with Gasteiger partial charge in [-0.3, -0.25) is 9.89 Å². The summed E-state index contributed by atoms with van der Waals surface area (Å²) >= 11 is 6.46. The van der Waals surface area contributed by atoms with E-state index in [1.165, 1.54) is 11.3 Å². The number of nitrogens with zero attached hydrogens (tertiary/aromatic N) is 4. The van der Waals surface area contributed by atoms with E-state index >= 15 is 0 Å². The van der Waals surface area contributed by atoms with Crippen LogP contribution in [0.15, 0.2) is 0 Å². The minimum absolute atomic E-state index is 0.206. The van der Waals surface area contributed by atoms with E-state index in [2.05, 4.69) is 25.5 Å². The molecule has 0 unspecified atom stereocenters. The van der Waals surface area contributed by atoms with Gasteiger partial charge in [-0.15, -0.1) is 11.3 Å². The summed E-state index contributed by atoms with van der Waals surface area (Å²) in [4.78, 5) is 22.8. The van der Waals surface area contributed by atoms with E-state index in [4.69, 9.17) is 21.7 Å². The van der Waals surface area contributed by atoms with E-state index < -0.39 is 0 Å². The molecule has 0 aromatic carbocycles. The number of H-pyrrole nitrogens is 1. The molecule has 0 aliphatic rings. The molecule has 27 heavy (non-hydrogen) atoms. The molecule has 0 aliphatic heterocycles. The van der Waals surface area contributed by atoms with Crippen molar-refractivity contribution in [1.29, 1.82) is 0 Å². The molecule has 3 rings (SSSR count). The van der Waals surface area contributed by atoms with Crippen molar-refractivity contribution in [2.45, 2.75) is 33.5 Å². The van der Waals surface area contributed by atoms with E-state index in [0.717, 1.165) is 10.9 Å². The lowest BCUT2D eigenvalue weighted by atomic mass is 10.2. The number of hydrogen-bond donors (Lipinski definition) is 2. The van der Waals surface area contributed by atoms with Gasteiger partial charge in [0.2, 0.25) is 5.88 Å². The first-order chi connectivity index (χ1) is 13.0. The molecule has 0 fully saturated rings. The van der Waals surface area contributed by atoms with Crippen molar-refractivity contribution < 1.29 is 14.3 Å². The number of aromatic nitrogens is 5. The van der Waals surface area contributed by atoms with Crippen molar-refractivity contribution in [3.05, 3.63) is 26.9 Å². The number of carbonyl (C=O) groups is 1. The summed E-state index contributed by atoms with van der Waals surface area (Å²) in [6.07, 6.45) is 0. The average molecular weight is 409 g/mol. The van der Waals surface area contributed by atoms with Crippen molar-refractivity contribution >= 4 is 39.7 Å². The summed E-state index contributed by atoms with van der Waals surface area (Å²) in [5, 5.41) is 10.5. The third-order valence-corrected chi connectivity index (χ3v) is 5.53.